The van der Waals surface area contributed by atoms with Crippen molar-refractivity contribution >= 4 is 17.4 Å². The molecule has 0 N–H and O–H groups in total. The lowest BCUT2D eigenvalue weighted by atomic mass is 10.1. The quantitative estimate of drug-likeness (QED) is 0.472. The number of carbonyl (C=O) groups is 1. The number of nitrogens with zero attached hydrogens (tertiary/aromatic N) is 7. The van der Waals surface area contributed by atoms with Crippen molar-refractivity contribution in [2.45, 2.75) is 26.4 Å². The van der Waals surface area contributed by atoms with Crippen LogP contribution in [-0.2, 0) is 9.47 Å². The van der Waals surface area contributed by atoms with E-state index in [-0.39, 0.29) is 6.09 Å². The van der Waals surface area contributed by atoms with E-state index >= 15 is 0 Å². The highest BCUT2D eigenvalue weighted by atomic mass is 16.6. The van der Waals surface area contributed by atoms with Gasteiger partial charge in [0.25, 0.3) is 0 Å². The molecular formula is C28H35N7O4. The van der Waals surface area contributed by atoms with Crippen molar-refractivity contribution in [2.24, 2.45) is 0 Å². The third-order valence-electron chi connectivity index (χ3n) is 6.80. The summed E-state index contributed by atoms with van der Waals surface area (Å²) in [6, 6.07) is 8.17. The van der Waals surface area contributed by atoms with E-state index in [1.807, 2.05) is 51.4 Å². The Bertz CT molecular complexity index is 1330. The Kier molecular flexibility index (Phi) is 7.86. The van der Waals surface area contributed by atoms with Crippen LogP contribution in [0.25, 0.3) is 16.6 Å². The van der Waals surface area contributed by atoms with Crippen LogP contribution in [0.5, 0.6) is 5.75 Å². The minimum absolute atomic E-state index is 0.282. The molecule has 11 heteroatoms. The Morgan fingerprint density at radius 3 is 2.54 bits per heavy atom. The monoisotopic (exact) mass is 533 g/mol. The summed E-state index contributed by atoms with van der Waals surface area (Å²) in [6.45, 7) is 12.8. The molecule has 206 valence electrons. The Morgan fingerprint density at radius 2 is 1.87 bits per heavy atom. The van der Waals surface area contributed by atoms with E-state index in [0.717, 1.165) is 55.3 Å². The number of hydrogen-bond donors (Lipinski definition) is 0. The second-order valence-electron chi connectivity index (χ2n) is 10.7. The first-order valence-corrected chi connectivity index (χ1v) is 13.3. The molecule has 5 heterocycles. The summed E-state index contributed by atoms with van der Waals surface area (Å²) in [4.78, 5) is 23.3. The molecule has 2 aliphatic rings. The smallest absolute Gasteiger partial charge is 0.410 e. The van der Waals surface area contributed by atoms with Gasteiger partial charge in [0.05, 0.1) is 36.7 Å². The predicted octanol–water partition coefficient (Wildman–Crippen LogP) is 3.04. The van der Waals surface area contributed by atoms with Crippen molar-refractivity contribution in [1.29, 1.82) is 5.26 Å². The highest BCUT2D eigenvalue weighted by Crippen LogP contribution is 2.31. The van der Waals surface area contributed by atoms with Crippen molar-refractivity contribution in [3.63, 3.8) is 0 Å². The number of piperazine rings is 1. The fourth-order valence-electron chi connectivity index (χ4n) is 4.77. The third kappa shape index (κ3) is 6.41. The molecule has 0 aromatic carbocycles. The number of pyridine rings is 2. The molecular weight excluding hydrogens is 498 g/mol. The lowest BCUT2D eigenvalue weighted by molar-refractivity contribution is 0.0240. The van der Waals surface area contributed by atoms with Crippen LogP contribution < -0.4 is 9.64 Å². The molecule has 2 fully saturated rings. The van der Waals surface area contributed by atoms with E-state index in [1.54, 1.807) is 15.6 Å². The lowest BCUT2D eigenvalue weighted by Crippen LogP contribution is -2.50. The number of morpholine rings is 1. The van der Waals surface area contributed by atoms with Gasteiger partial charge in [0.1, 0.15) is 29.8 Å². The second kappa shape index (κ2) is 11.5. The summed E-state index contributed by atoms with van der Waals surface area (Å²) in [7, 11) is 0. The van der Waals surface area contributed by atoms with Gasteiger partial charge in [0.15, 0.2) is 0 Å². The van der Waals surface area contributed by atoms with Crippen molar-refractivity contribution in [3.8, 4) is 22.9 Å². The number of nitriles is 1. The van der Waals surface area contributed by atoms with E-state index in [2.05, 4.69) is 21.0 Å². The summed E-state index contributed by atoms with van der Waals surface area (Å²) in [5, 5.41) is 14.1. The zero-order valence-corrected chi connectivity index (χ0v) is 22.8. The molecule has 39 heavy (non-hydrogen) atoms. The molecule has 2 saturated heterocycles. The average Bonchev–Trinajstić information content (AvgIpc) is 3.36. The Balaban J connectivity index is 1.29. The Hall–Kier alpha value is -3.88. The van der Waals surface area contributed by atoms with Crippen LogP contribution in [-0.4, -0.2) is 102 Å². The molecule has 0 radical (unpaired) electrons. The minimum Gasteiger partial charge on any atom is -0.491 e. The summed E-state index contributed by atoms with van der Waals surface area (Å²) < 4.78 is 18.7. The van der Waals surface area contributed by atoms with Crippen molar-refractivity contribution < 1.29 is 19.0 Å². The first kappa shape index (κ1) is 26.7. The number of rotatable bonds is 6. The molecule has 0 unspecified atom stereocenters. The topological polar surface area (TPSA) is 108 Å². The summed E-state index contributed by atoms with van der Waals surface area (Å²) >= 11 is 0. The van der Waals surface area contributed by atoms with Gasteiger partial charge in [0, 0.05) is 63.1 Å². The van der Waals surface area contributed by atoms with Crippen LogP contribution >= 0.6 is 0 Å². The van der Waals surface area contributed by atoms with E-state index < -0.39 is 5.60 Å². The van der Waals surface area contributed by atoms with Gasteiger partial charge in [-0.2, -0.15) is 10.4 Å². The highest BCUT2D eigenvalue weighted by Gasteiger charge is 2.26. The number of amides is 1. The Labute approximate surface area is 228 Å². The maximum Gasteiger partial charge on any atom is 0.410 e. The van der Waals surface area contributed by atoms with Crippen LogP contribution in [0.3, 0.4) is 0 Å². The first-order chi connectivity index (χ1) is 18.8. The summed E-state index contributed by atoms with van der Waals surface area (Å²) in [6.07, 6.45) is 4.92. The maximum absolute atomic E-state index is 12.4. The molecule has 2 aliphatic heterocycles. The molecule has 0 aliphatic carbocycles. The molecule has 5 rings (SSSR count). The summed E-state index contributed by atoms with van der Waals surface area (Å²) in [5.74, 6) is 1.52. The number of hydrogen-bond acceptors (Lipinski definition) is 9. The number of anilines is 1. The number of carbonyl (C=O) groups excluding carboxylic acids is 1. The van der Waals surface area contributed by atoms with Crippen LogP contribution in [0.4, 0.5) is 10.6 Å². The maximum atomic E-state index is 12.4. The average molecular weight is 534 g/mol. The fraction of sp³-hybridized carbons (Fsp3) is 0.500. The molecule has 0 spiro atoms. The van der Waals surface area contributed by atoms with Crippen LogP contribution in [0.2, 0.25) is 0 Å². The largest absolute Gasteiger partial charge is 0.491 e. The molecule has 3 aromatic rings. The van der Waals surface area contributed by atoms with Crippen molar-refractivity contribution in [3.05, 3.63) is 42.4 Å². The normalized spacial score (nSPS) is 16.8. The van der Waals surface area contributed by atoms with Gasteiger partial charge in [-0.05, 0) is 39.0 Å². The lowest BCUT2D eigenvalue weighted by Gasteiger charge is -2.36. The summed E-state index contributed by atoms with van der Waals surface area (Å²) in [5.41, 5.74) is 2.41. The van der Waals surface area contributed by atoms with Gasteiger partial charge >= 0.3 is 6.09 Å². The number of aromatic nitrogens is 3. The Morgan fingerprint density at radius 1 is 1.10 bits per heavy atom. The van der Waals surface area contributed by atoms with Crippen molar-refractivity contribution in [2.75, 3.05) is 70.5 Å². The van der Waals surface area contributed by atoms with Gasteiger partial charge in [0.2, 0.25) is 0 Å². The number of ether oxygens (including phenoxy) is 3. The van der Waals surface area contributed by atoms with Crippen LogP contribution in [0.1, 0.15) is 26.3 Å². The molecule has 0 saturated carbocycles. The molecule has 1 amide bonds. The van der Waals surface area contributed by atoms with Crippen LogP contribution in [0.15, 0.2) is 36.8 Å². The highest BCUT2D eigenvalue weighted by molar-refractivity contribution is 5.85. The molecule has 0 bridgehead atoms. The van der Waals surface area contributed by atoms with Crippen LogP contribution in [0, 0.1) is 11.3 Å². The van der Waals surface area contributed by atoms with Gasteiger partial charge in [-0.25, -0.2) is 14.3 Å². The van der Waals surface area contributed by atoms with Gasteiger partial charge in [-0.3, -0.25) is 4.90 Å². The van der Waals surface area contributed by atoms with E-state index in [0.29, 0.717) is 44.1 Å². The van der Waals surface area contributed by atoms with E-state index in [1.165, 1.54) is 0 Å². The second-order valence-corrected chi connectivity index (χ2v) is 10.7. The van der Waals surface area contributed by atoms with E-state index in [4.69, 9.17) is 19.2 Å². The SMILES string of the molecule is CC(C)(C)OC(=O)N1CCN(c2ccc(-c3cc(OCCN4CCOCC4)cn4ncc(C#N)c34)cn2)CC1. The van der Waals surface area contributed by atoms with Gasteiger partial charge in [-0.1, -0.05) is 0 Å². The van der Waals surface area contributed by atoms with Gasteiger partial charge < -0.3 is 24.0 Å². The zero-order chi connectivity index (χ0) is 27.4. The van der Waals surface area contributed by atoms with Crippen molar-refractivity contribution in [1.82, 2.24) is 24.4 Å². The zero-order valence-electron chi connectivity index (χ0n) is 22.8. The third-order valence-corrected chi connectivity index (χ3v) is 6.80. The standard InChI is InChI=1S/C28H35N7O4/c1-28(2,3)39-27(36)34-8-6-33(7-9-34)25-5-4-21(18-30-25)24-16-23(20-35-26(24)22(17-29)19-31-35)38-15-12-32-10-13-37-14-11-32/h4-5,16,18-20H,6-15H2,1-3H3. The minimum atomic E-state index is -0.511. The van der Waals surface area contributed by atoms with Gasteiger partial charge in [-0.15, -0.1) is 0 Å². The molecule has 3 aromatic heterocycles. The molecule has 11 nitrogen and oxygen atoms in total. The molecule has 0 atom stereocenters. The number of fused-ring (bicyclic) bond motifs is 1. The first-order valence-electron chi connectivity index (χ1n) is 13.3. The predicted molar refractivity (Wildman–Crippen MR) is 146 cm³/mol. The fourth-order valence-corrected chi connectivity index (χ4v) is 4.77. The van der Waals surface area contributed by atoms with E-state index in [9.17, 15) is 10.1 Å².